The van der Waals surface area contributed by atoms with Crippen LogP contribution in [0.3, 0.4) is 0 Å². The Balaban J connectivity index is 1.51. The van der Waals surface area contributed by atoms with Gasteiger partial charge in [-0.05, 0) is 25.5 Å². The molecule has 5 heteroatoms. The molecule has 0 radical (unpaired) electrons. The van der Waals surface area contributed by atoms with E-state index in [1.807, 2.05) is 37.3 Å². The highest BCUT2D eigenvalue weighted by Gasteiger charge is 2.30. The minimum Gasteiger partial charge on any atom is -0.494 e. The van der Waals surface area contributed by atoms with Crippen molar-refractivity contribution in [3.05, 3.63) is 30.3 Å². The van der Waals surface area contributed by atoms with Crippen LogP contribution in [-0.4, -0.2) is 38.1 Å². The van der Waals surface area contributed by atoms with E-state index >= 15 is 0 Å². The van der Waals surface area contributed by atoms with Crippen LogP contribution in [0.5, 0.6) is 5.75 Å². The van der Waals surface area contributed by atoms with Gasteiger partial charge in [-0.2, -0.15) is 0 Å². The number of ether oxygens (including phenoxy) is 3. The fraction of sp³-hybridized carbons (Fsp3) is 0.562. The summed E-state index contributed by atoms with van der Waals surface area (Å²) in [5.74, 6) is 0.332. The summed E-state index contributed by atoms with van der Waals surface area (Å²) in [5.41, 5.74) is 0. The van der Waals surface area contributed by atoms with Crippen molar-refractivity contribution < 1.29 is 19.0 Å². The third-order valence-corrected chi connectivity index (χ3v) is 3.36. The van der Waals surface area contributed by atoms with Gasteiger partial charge in [0.2, 0.25) is 5.91 Å². The fourth-order valence-electron chi connectivity index (χ4n) is 2.16. The van der Waals surface area contributed by atoms with Crippen molar-refractivity contribution in [1.82, 2.24) is 5.32 Å². The summed E-state index contributed by atoms with van der Waals surface area (Å²) in [6.45, 7) is 4.26. The summed E-state index contributed by atoms with van der Waals surface area (Å²) in [6, 6.07) is 9.61. The summed E-state index contributed by atoms with van der Waals surface area (Å²) >= 11 is 0. The lowest BCUT2D eigenvalue weighted by Crippen LogP contribution is -2.33. The smallest absolute Gasteiger partial charge is 0.220 e. The van der Waals surface area contributed by atoms with Crippen molar-refractivity contribution in [2.45, 2.75) is 32.0 Å². The van der Waals surface area contributed by atoms with Gasteiger partial charge in [0.1, 0.15) is 5.75 Å². The van der Waals surface area contributed by atoms with Gasteiger partial charge in [0.15, 0.2) is 5.79 Å². The molecule has 0 aromatic heterocycles. The highest BCUT2D eigenvalue weighted by molar-refractivity contribution is 5.75. The first-order valence-electron chi connectivity index (χ1n) is 7.40. The van der Waals surface area contributed by atoms with Crippen LogP contribution in [0.15, 0.2) is 30.3 Å². The molecular formula is C16H23NO4. The molecule has 0 unspecified atom stereocenters. The lowest BCUT2D eigenvalue weighted by molar-refractivity contribution is -0.146. The highest BCUT2D eigenvalue weighted by Crippen LogP contribution is 2.21. The Morgan fingerprint density at radius 1 is 1.29 bits per heavy atom. The zero-order valence-corrected chi connectivity index (χ0v) is 12.5. The van der Waals surface area contributed by atoms with Crippen molar-refractivity contribution in [2.75, 3.05) is 26.4 Å². The molecule has 2 rings (SSSR count). The van der Waals surface area contributed by atoms with E-state index in [0.29, 0.717) is 45.6 Å². The topological polar surface area (TPSA) is 56.8 Å². The highest BCUT2D eigenvalue weighted by atomic mass is 16.7. The van der Waals surface area contributed by atoms with Crippen LogP contribution >= 0.6 is 0 Å². The first-order chi connectivity index (χ1) is 10.2. The molecule has 0 aliphatic carbocycles. The van der Waals surface area contributed by atoms with E-state index in [1.54, 1.807) is 0 Å². The largest absolute Gasteiger partial charge is 0.494 e. The zero-order valence-electron chi connectivity index (χ0n) is 12.5. The normalized spacial score (nSPS) is 16.6. The molecule has 1 aliphatic rings. The van der Waals surface area contributed by atoms with Gasteiger partial charge in [-0.25, -0.2) is 0 Å². The predicted molar refractivity (Wildman–Crippen MR) is 79.1 cm³/mol. The van der Waals surface area contributed by atoms with Crippen molar-refractivity contribution >= 4 is 5.91 Å². The average Bonchev–Trinajstić information content (AvgIpc) is 2.92. The Morgan fingerprint density at radius 2 is 2.00 bits per heavy atom. The molecule has 116 valence electrons. The van der Waals surface area contributed by atoms with Gasteiger partial charge in [0.05, 0.1) is 19.8 Å². The van der Waals surface area contributed by atoms with Gasteiger partial charge in [0.25, 0.3) is 0 Å². The number of nitrogens with one attached hydrogen (secondary N) is 1. The van der Waals surface area contributed by atoms with Gasteiger partial charge in [0, 0.05) is 19.4 Å². The number of amides is 1. The molecule has 0 atom stereocenters. The van der Waals surface area contributed by atoms with E-state index in [2.05, 4.69) is 5.32 Å². The first kappa shape index (κ1) is 15.8. The summed E-state index contributed by atoms with van der Waals surface area (Å²) in [4.78, 5) is 11.7. The molecule has 21 heavy (non-hydrogen) atoms. The third kappa shape index (κ3) is 5.73. The van der Waals surface area contributed by atoms with Crippen molar-refractivity contribution in [3.8, 4) is 5.75 Å². The molecule has 1 saturated heterocycles. The molecular weight excluding hydrogens is 270 g/mol. The van der Waals surface area contributed by atoms with Gasteiger partial charge in [-0.3, -0.25) is 4.79 Å². The summed E-state index contributed by atoms with van der Waals surface area (Å²) in [7, 11) is 0. The van der Waals surface area contributed by atoms with Crippen LogP contribution in [0.2, 0.25) is 0 Å². The maximum atomic E-state index is 11.7. The fourth-order valence-corrected chi connectivity index (χ4v) is 2.16. The minimum atomic E-state index is -0.538. The molecule has 0 bridgehead atoms. The first-order valence-corrected chi connectivity index (χ1v) is 7.40. The molecule has 1 fully saturated rings. The average molecular weight is 293 g/mol. The van der Waals surface area contributed by atoms with E-state index in [4.69, 9.17) is 14.2 Å². The van der Waals surface area contributed by atoms with Crippen LogP contribution in [0.1, 0.15) is 26.2 Å². The second-order valence-corrected chi connectivity index (χ2v) is 5.20. The molecule has 1 aromatic rings. The summed E-state index contributed by atoms with van der Waals surface area (Å²) in [6.07, 6.45) is 1.83. The molecule has 1 heterocycles. The van der Waals surface area contributed by atoms with E-state index in [-0.39, 0.29) is 5.91 Å². The van der Waals surface area contributed by atoms with Crippen LogP contribution < -0.4 is 10.1 Å². The molecule has 1 aromatic carbocycles. The number of rotatable bonds is 8. The molecule has 0 saturated carbocycles. The second-order valence-electron chi connectivity index (χ2n) is 5.20. The standard InChI is InChI=1S/C16H23NO4/c1-16(20-12-13-21-16)9-10-17-15(18)8-5-11-19-14-6-3-2-4-7-14/h2-4,6-7H,5,8-13H2,1H3,(H,17,18). The van der Waals surface area contributed by atoms with Crippen molar-refractivity contribution in [1.29, 1.82) is 0 Å². The number of benzene rings is 1. The predicted octanol–water partition coefficient (Wildman–Crippen LogP) is 2.11. The minimum absolute atomic E-state index is 0.0354. The van der Waals surface area contributed by atoms with E-state index in [0.717, 1.165) is 5.75 Å². The van der Waals surface area contributed by atoms with Crippen LogP contribution in [0.4, 0.5) is 0 Å². The number of carbonyl (C=O) groups is 1. The van der Waals surface area contributed by atoms with E-state index in [9.17, 15) is 4.79 Å². The number of carbonyl (C=O) groups excluding carboxylic acids is 1. The molecule has 0 spiro atoms. The lowest BCUT2D eigenvalue weighted by atomic mass is 10.2. The summed E-state index contributed by atoms with van der Waals surface area (Å²) < 4.78 is 16.5. The SMILES string of the molecule is CC1(CCNC(=O)CCCOc2ccccc2)OCCO1. The Hall–Kier alpha value is -1.59. The third-order valence-electron chi connectivity index (χ3n) is 3.36. The lowest BCUT2D eigenvalue weighted by Gasteiger charge is -2.22. The van der Waals surface area contributed by atoms with Gasteiger partial charge in [-0.1, -0.05) is 18.2 Å². The van der Waals surface area contributed by atoms with Gasteiger partial charge in [-0.15, -0.1) is 0 Å². The van der Waals surface area contributed by atoms with Gasteiger partial charge < -0.3 is 19.5 Å². The van der Waals surface area contributed by atoms with E-state index in [1.165, 1.54) is 0 Å². The second kappa shape index (κ2) is 8.00. The quantitative estimate of drug-likeness (QED) is 0.746. The molecule has 1 aliphatic heterocycles. The van der Waals surface area contributed by atoms with Crippen LogP contribution in [0.25, 0.3) is 0 Å². The van der Waals surface area contributed by atoms with Crippen LogP contribution in [0, 0.1) is 0 Å². The molecule has 1 N–H and O–H groups in total. The van der Waals surface area contributed by atoms with E-state index < -0.39 is 5.79 Å². The number of para-hydroxylation sites is 1. The van der Waals surface area contributed by atoms with Gasteiger partial charge >= 0.3 is 0 Å². The Morgan fingerprint density at radius 3 is 2.71 bits per heavy atom. The van der Waals surface area contributed by atoms with Crippen molar-refractivity contribution in [3.63, 3.8) is 0 Å². The molecule has 1 amide bonds. The Kier molecular flexibility index (Phi) is 6.02. The molecule has 5 nitrogen and oxygen atoms in total. The number of hydrogen-bond donors (Lipinski definition) is 1. The Labute approximate surface area is 125 Å². The maximum absolute atomic E-state index is 11.7. The summed E-state index contributed by atoms with van der Waals surface area (Å²) in [5, 5.41) is 2.88. The number of hydrogen-bond acceptors (Lipinski definition) is 4. The Bertz CT molecular complexity index is 429. The maximum Gasteiger partial charge on any atom is 0.220 e. The van der Waals surface area contributed by atoms with Crippen molar-refractivity contribution in [2.24, 2.45) is 0 Å². The zero-order chi connectivity index (χ0) is 15.0. The monoisotopic (exact) mass is 293 g/mol. The van der Waals surface area contributed by atoms with Crippen LogP contribution in [-0.2, 0) is 14.3 Å².